The molecule has 3 heterocycles. The summed E-state index contributed by atoms with van der Waals surface area (Å²) in [5, 5.41) is 2.88. The monoisotopic (exact) mass is 486 g/mol. The van der Waals surface area contributed by atoms with Gasteiger partial charge in [-0.2, -0.15) is 0 Å². The van der Waals surface area contributed by atoms with Crippen molar-refractivity contribution in [2.24, 2.45) is 0 Å². The van der Waals surface area contributed by atoms with Gasteiger partial charge in [-0.05, 0) is 12.1 Å². The topological polar surface area (TPSA) is 92.3 Å². The van der Waals surface area contributed by atoms with Crippen molar-refractivity contribution in [1.82, 2.24) is 19.7 Å². The van der Waals surface area contributed by atoms with Gasteiger partial charge in [0.15, 0.2) is 11.7 Å². The maximum Gasteiger partial charge on any atom is 0.272 e. The molecule has 0 aromatic carbocycles. The van der Waals surface area contributed by atoms with Crippen LogP contribution in [0, 0.1) is 0 Å². The van der Waals surface area contributed by atoms with Gasteiger partial charge in [-0.1, -0.05) is 22.9 Å². The maximum absolute atomic E-state index is 13.1. The molecule has 0 bridgehead atoms. The molecule has 2 aromatic rings. The van der Waals surface area contributed by atoms with Gasteiger partial charge in [-0.3, -0.25) is 14.4 Å². The summed E-state index contributed by atoms with van der Waals surface area (Å²) in [5.74, 6) is -0.711. The van der Waals surface area contributed by atoms with Gasteiger partial charge in [0, 0.05) is 39.7 Å². The van der Waals surface area contributed by atoms with Crippen molar-refractivity contribution < 1.29 is 23.9 Å². The summed E-state index contributed by atoms with van der Waals surface area (Å²) in [7, 11) is 4.80. The molecule has 0 spiro atoms. The van der Waals surface area contributed by atoms with E-state index in [4.69, 9.17) is 21.1 Å². The Morgan fingerprint density at radius 1 is 1.32 bits per heavy atom. The van der Waals surface area contributed by atoms with Gasteiger partial charge in [0.1, 0.15) is 16.7 Å². The first-order valence-electron chi connectivity index (χ1n) is 9.41. The van der Waals surface area contributed by atoms with E-state index < -0.39 is 6.04 Å². The van der Waals surface area contributed by atoms with Crippen molar-refractivity contribution in [2.75, 3.05) is 47.5 Å². The highest BCUT2D eigenvalue weighted by molar-refractivity contribution is 7.17. The lowest BCUT2D eigenvalue weighted by Crippen LogP contribution is -2.60. The molecule has 1 aliphatic rings. The van der Waals surface area contributed by atoms with Crippen molar-refractivity contribution in [3.63, 3.8) is 0 Å². The SMILES string of the molecule is COC[C@H]1C(=O)N(Cc2nc(C(=O)N(C)C)cs2)CCN1C(=O)COc1ccc(Cl)s1. The van der Waals surface area contributed by atoms with E-state index in [1.807, 2.05) is 0 Å². The molecule has 3 amide bonds. The predicted octanol–water partition coefficient (Wildman–Crippen LogP) is 1.82. The van der Waals surface area contributed by atoms with Gasteiger partial charge < -0.3 is 24.2 Å². The second-order valence-corrected chi connectivity index (χ2v) is 9.61. The summed E-state index contributed by atoms with van der Waals surface area (Å²) >= 11 is 8.44. The zero-order chi connectivity index (χ0) is 22.5. The minimum absolute atomic E-state index is 0.0775. The number of carbonyl (C=O) groups excluding carboxylic acids is 3. The minimum Gasteiger partial charge on any atom is -0.474 e. The highest BCUT2D eigenvalue weighted by Crippen LogP contribution is 2.28. The number of piperazine rings is 1. The Hall–Kier alpha value is -2.21. The zero-order valence-corrected chi connectivity index (χ0v) is 19.8. The van der Waals surface area contributed by atoms with Crippen LogP contribution in [0.3, 0.4) is 0 Å². The summed E-state index contributed by atoms with van der Waals surface area (Å²) in [6.07, 6.45) is 0. The van der Waals surface area contributed by atoms with Gasteiger partial charge in [0.05, 0.1) is 17.5 Å². The third-order valence-corrected chi connectivity index (χ3v) is 6.60. The fraction of sp³-hybridized carbons (Fsp3) is 0.474. The van der Waals surface area contributed by atoms with Crippen LogP contribution in [0.25, 0.3) is 0 Å². The quantitative estimate of drug-likeness (QED) is 0.565. The molecule has 9 nitrogen and oxygen atoms in total. The number of carbonyl (C=O) groups is 3. The van der Waals surface area contributed by atoms with Crippen molar-refractivity contribution >= 4 is 52.0 Å². The lowest BCUT2D eigenvalue weighted by molar-refractivity contribution is -0.155. The number of thiophene rings is 1. The van der Waals surface area contributed by atoms with E-state index in [1.54, 1.807) is 36.5 Å². The first kappa shape index (κ1) is 23.5. The summed E-state index contributed by atoms with van der Waals surface area (Å²) in [4.78, 5) is 46.7. The lowest BCUT2D eigenvalue weighted by atomic mass is 10.1. The molecule has 0 saturated carbocycles. The number of nitrogens with zero attached hydrogens (tertiary/aromatic N) is 4. The Morgan fingerprint density at radius 3 is 2.74 bits per heavy atom. The summed E-state index contributed by atoms with van der Waals surface area (Å²) in [6, 6.07) is 2.64. The van der Waals surface area contributed by atoms with E-state index in [1.165, 1.54) is 39.6 Å². The van der Waals surface area contributed by atoms with Crippen LogP contribution in [0.4, 0.5) is 0 Å². The van der Waals surface area contributed by atoms with Crippen LogP contribution in [0.2, 0.25) is 4.34 Å². The van der Waals surface area contributed by atoms with Crippen molar-refractivity contribution in [3.05, 3.63) is 32.6 Å². The summed E-state index contributed by atoms with van der Waals surface area (Å²) in [5.41, 5.74) is 0.352. The third-order valence-electron chi connectivity index (χ3n) is 4.62. The number of methoxy groups -OCH3 is 1. The van der Waals surface area contributed by atoms with Crippen LogP contribution >= 0.6 is 34.3 Å². The molecule has 1 saturated heterocycles. The predicted molar refractivity (Wildman–Crippen MR) is 118 cm³/mol. The van der Waals surface area contributed by atoms with Crippen LogP contribution in [0.5, 0.6) is 5.06 Å². The molecular formula is C19H23ClN4O5S2. The molecule has 1 aliphatic heterocycles. The smallest absolute Gasteiger partial charge is 0.272 e. The van der Waals surface area contributed by atoms with Crippen LogP contribution < -0.4 is 4.74 Å². The molecule has 0 unspecified atom stereocenters. The number of amides is 3. The molecule has 0 radical (unpaired) electrons. The minimum atomic E-state index is -0.746. The van der Waals surface area contributed by atoms with Gasteiger partial charge in [0.2, 0.25) is 5.91 Å². The average Bonchev–Trinajstić information content (AvgIpc) is 3.37. The highest BCUT2D eigenvalue weighted by Gasteiger charge is 2.38. The number of ether oxygens (including phenoxy) is 2. The van der Waals surface area contributed by atoms with Gasteiger partial charge in [-0.15, -0.1) is 11.3 Å². The largest absolute Gasteiger partial charge is 0.474 e. The Balaban J connectivity index is 1.63. The average molecular weight is 487 g/mol. The molecule has 12 heteroatoms. The molecule has 1 fully saturated rings. The molecule has 3 rings (SSSR count). The van der Waals surface area contributed by atoms with E-state index >= 15 is 0 Å². The molecular weight excluding hydrogens is 464 g/mol. The fourth-order valence-corrected chi connectivity index (χ4v) is 4.73. The Bertz CT molecular complexity index is 947. The van der Waals surface area contributed by atoms with Crippen molar-refractivity contribution in [2.45, 2.75) is 12.6 Å². The number of rotatable bonds is 8. The van der Waals surface area contributed by atoms with E-state index in [0.717, 1.165) is 0 Å². The Morgan fingerprint density at radius 2 is 2.10 bits per heavy atom. The van der Waals surface area contributed by atoms with E-state index in [-0.39, 0.29) is 37.5 Å². The van der Waals surface area contributed by atoms with Gasteiger partial charge in [-0.25, -0.2) is 4.98 Å². The number of halogens is 1. The van der Waals surface area contributed by atoms with Crippen LogP contribution in [-0.2, 0) is 20.9 Å². The van der Waals surface area contributed by atoms with Crippen LogP contribution in [0.15, 0.2) is 17.5 Å². The normalized spacial score (nSPS) is 16.5. The second kappa shape index (κ2) is 10.4. The zero-order valence-electron chi connectivity index (χ0n) is 17.4. The van der Waals surface area contributed by atoms with E-state index in [2.05, 4.69) is 4.98 Å². The third kappa shape index (κ3) is 5.73. The maximum atomic E-state index is 13.1. The molecule has 2 aromatic heterocycles. The number of aromatic nitrogens is 1. The standard InChI is InChI=1S/C19H23ClN4O5S2/c1-22(2)18(26)12-11-30-15(21-12)8-23-6-7-24(13(9-28-3)19(23)27)16(25)10-29-17-5-4-14(20)31-17/h4-5,11,13H,6-10H2,1-3H3/t13-/m0/s1. The molecule has 0 N–H and O–H groups in total. The molecule has 1 atom stereocenters. The number of hydrogen-bond donors (Lipinski definition) is 0. The van der Waals surface area contributed by atoms with E-state index in [9.17, 15) is 14.4 Å². The Labute approximate surface area is 193 Å². The van der Waals surface area contributed by atoms with Crippen LogP contribution in [-0.4, -0.2) is 91.0 Å². The summed E-state index contributed by atoms with van der Waals surface area (Å²) < 4.78 is 11.3. The lowest BCUT2D eigenvalue weighted by Gasteiger charge is -2.40. The first-order chi connectivity index (χ1) is 14.8. The fourth-order valence-electron chi connectivity index (χ4n) is 3.08. The highest BCUT2D eigenvalue weighted by atomic mass is 35.5. The Kier molecular flexibility index (Phi) is 7.87. The first-order valence-corrected chi connectivity index (χ1v) is 11.5. The summed E-state index contributed by atoms with van der Waals surface area (Å²) in [6.45, 7) is 0.867. The second-order valence-electron chi connectivity index (χ2n) is 6.99. The van der Waals surface area contributed by atoms with Gasteiger partial charge >= 0.3 is 0 Å². The van der Waals surface area contributed by atoms with Crippen molar-refractivity contribution in [3.8, 4) is 5.06 Å². The van der Waals surface area contributed by atoms with E-state index in [0.29, 0.717) is 33.2 Å². The number of hydrogen-bond acceptors (Lipinski definition) is 8. The molecule has 0 aliphatic carbocycles. The van der Waals surface area contributed by atoms with Crippen molar-refractivity contribution in [1.29, 1.82) is 0 Å². The van der Waals surface area contributed by atoms with Crippen LogP contribution in [0.1, 0.15) is 15.5 Å². The molecule has 168 valence electrons. The van der Waals surface area contributed by atoms with Gasteiger partial charge in [0.25, 0.3) is 11.8 Å². The number of thiazole rings is 1. The molecule has 31 heavy (non-hydrogen) atoms.